The van der Waals surface area contributed by atoms with E-state index in [0.29, 0.717) is 0 Å². The van der Waals surface area contributed by atoms with Crippen LogP contribution < -0.4 is 0 Å². The minimum Gasteiger partial charge on any atom is -0.506 e. The van der Waals surface area contributed by atoms with E-state index in [4.69, 9.17) is 46.4 Å². The molecule has 0 aliphatic heterocycles. The second kappa shape index (κ2) is 7.87. The zero-order valence-corrected chi connectivity index (χ0v) is 18.1. The predicted octanol–water partition coefficient (Wildman–Crippen LogP) is 5.89. The van der Waals surface area contributed by atoms with Gasteiger partial charge in [-0.1, -0.05) is 88.9 Å². The number of aromatic hydroxyl groups is 2. The molecular formula is C19H12Cl4O5S. The van der Waals surface area contributed by atoms with E-state index in [-0.39, 0.29) is 31.2 Å². The second-order valence-electron chi connectivity index (χ2n) is 6.04. The lowest BCUT2D eigenvalue weighted by molar-refractivity contribution is 0.428. The number of hydrogen-bond donors (Lipinski definition) is 3. The highest BCUT2D eigenvalue weighted by Crippen LogP contribution is 2.55. The Hall–Kier alpha value is -1.67. The Bertz CT molecular complexity index is 1170. The summed E-state index contributed by atoms with van der Waals surface area (Å²) in [6.45, 7) is 0. The average Bonchev–Trinajstić information content (AvgIpc) is 2.66. The van der Waals surface area contributed by atoms with Crippen LogP contribution in [-0.2, 0) is 14.9 Å². The van der Waals surface area contributed by atoms with Gasteiger partial charge in [0, 0.05) is 11.1 Å². The molecule has 1 atom stereocenters. The van der Waals surface area contributed by atoms with Crippen molar-refractivity contribution < 1.29 is 23.2 Å². The Balaban J connectivity index is 2.70. The van der Waals surface area contributed by atoms with Gasteiger partial charge in [-0.2, -0.15) is 8.42 Å². The van der Waals surface area contributed by atoms with Gasteiger partial charge in [0.2, 0.25) is 0 Å². The van der Waals surface area contributed by atoms with Gasteiger partial charge in [0.1, 0.15) is 11.5 Å². The molecule has 0 radical (unpaired) electrons. The predicted molar refractivity (Wildman–Crippen MR) is 114 cm³/mol. The molecule has 0 amide bonds. The highest BCUT2D eigenvalue weighted by atomic mass is 35.5. The van der Waals surface area contributed by atoms with E-state index in [1.807, 2.05) is 0 Å². The number of benzene rings is 3. The van der Waals surface area contributed by atoms with E-state index >= 15 is 0 Å². The normalized spacial score (nSPS) is 13.8. The van der Waals surface area contributed by atoms with Crippen LogP contribution in [0.5, 0.6) is 11.5 Å². The van der Waals surface area contributed by atoms with Gasteiger partial charge in [0.15, 0.2) is 4.75 Å². The van der Waals surface area contributed by atoms with Crippen molar-refractivity contribution in [2.75, 3.05) is 0 Å². The fraction of sp³-hybridized carbons (Fsp3) is 0.0526. The highest BCUT2D eigenvalue weighted by molar-refractivity contribution is 7.87. The highest BCUT2D eigenvalue weighted by Gasteiger charge is 2.53. The molecule has 5 nitrogen and oxygen atoms in total. The molecular weight excluding hydrogens is 482 g/mol. The Labute approximate surface area is 186 Å². The fourth-order valence-electron chi connectivity index (χ4n) is 3.23. The van der Waals surface area contributed by atoms with E-state index in [9.17, 15) is 23.2 Å². The molecule has 1 unspecified atom stereocenters. The summed E-state index contributed by atoms with van der Waals surface area (Å²) in [7, 11) is -5.18. The van der Waals surface area contributed by atoms with Crippen molar-refractivity contribution >= 4 is 56.5 Å². The molecule has 3 aromatic rings. The van der Waals surface area contributed by atoms with Gasteiger partial charge in [-0.25, -0.2) is 0 Å². The third kappa shape index (κ3) is 3.44. The van der Waals surface area contributed by atoms with E-state index in [2.05, 4.69) is 0 Å². The van der Waals surface area contributed by atoms with E-state index in [1.54, 1.807) is 6.07 Å². The first-order chi connectivity index (χ1) is 13.5. The molecule has 0 aliphatic rings. The van der Waals surface area contributed by atoms with Crippen LogP contribution in [0.15, 0.2) is 54.6 Å². The molecule has 29 heavy (non-hydrogen) atoms. The standard InChI is InChI=1S/C19H12Cl4O5S/c20-12-8-4-7-11(17(12)24)19(29(26,27)28,10-5-2-1-3-6-10)15-16(23)13(21)9-14(22)18(15)25/h1-9,24-25H,(H,26,27,28). The van der Waals surface area contributed by atoms with E-state index in [1.165, 1.54) is 42.5 Å². The van der Waals surface area contributed by atoms with Crippen LogP contribution in [0.4, 0.5) is 0 Å². The summed E-state index contributed by atoms with van der Waals surface area (Å²) in [6.07, 6.45) is 0. The topological polar surface area (TPSA) is 94.8 Å². The first kappa shape index (κ1) is 22.0. The van der Waals surface area contributed by atoms with Gasteiger partial charge >= 0.3 is 0 Å². The van der Waals surface area contributed by atoms with Crippen molar-refractivity contribution in [3.8, 4) is 11.5 Å². The third-order valence-electron chi connectivity index (χ3n) is 4.43. The summed E-state index contributed by atoms with van der Waals surface area (Å²) >= 11 is 24.5. The molecule has 0 saturated carbocycles. The Morgan fingerprint density at radius 1 is 0.759 bits per heavy atom. The average molecular weight is 494 g/mol. The molecule has 0 heterocycles. The maximum absolute atomic E-state index is 13.0. The smallest absolute Gasteiger partial charge is 0.283 e. The largest absolute Gasteiger partial charge is 0.506 e. The van der Waals surface area contributed by atoms with Gasteiger partial charge in [-0.05, 0) is 17.7 Å². The summed E-state index contributed by atoms with van der Waals surface area (Å²) in [4.78, 5) is 0. The number of hydrogen-bond acceptors (Lipinski definition) is 4. The van der Waals surface area contributed by atoms with Crippen molar-refractivity contribution in [3.05, 3.63) is 91.4 Å². The lowest BCUT2D eigenvalue weighted by Gasteiger charge is -2.34. The van der Waals surface area contributed by atoms with Crippen molar-refractivity contribution in [3.63, 3.8) is 0 Å². The number of phenols is 2. The molecule has 10 heteroatoms. The first-order valence-electron chi connectivity index (χ1n) is 7.91. The Kier molecular flexibility index (Phi) is 5.98. The molecule has 3 N–H and O–H groups in total. The minimum absolute atomic E-state index is 0.0457. The van der Waals surface area contributed by atoms with Crippen LogP contribution in [-0.4, -0.2) is 23.2 Å². The van der Waals surface area contributed by atoms with Crippen LogP contribution in [0.2, 0.25) is 20.1 Å². The van der Waals surface area contributed by atoms with Crippen molar-refractivity contribution in [1.29, 1.82) is 0 Å². The number of para-hydroxylation sites is 1. The van der Waals surface area contributed by atoms with Crippen LogP contribution in [0.25, 0.3) is 0 Å². The van der Waals surface area contributed by atoms with Crippen LogP contribution in [0.3, 0.4) is 0 Å². The summed E-state index contributed by atoms with van der Waals surface area (Å²) < 4.78 is 33.9. The Morgan fingerprint density at radius 2 is 1.38 bits per heavy atom. The molecule has 0 aliphatic carbocycles. The van der Waals surface area contributed by atoms with Crippen LogP contribution in [0.1, 0.15) is 16.7 Å². The van der Waals surface area contributed by atoms with Crippen LogP contribution in [0, 0.1) is 0 Å². The molecule has 0 saturated heterocycles. The van der Waals surface area contributed by atoms with Crippen molar-refractivity contribution in [2.45, 2.75) is 4.75 Å². The molecule has 0 bridgehead atoms. The number of phenolic OH excluding ortho intramolecular Hbond substituents is 2. The van der Waals surface area contributed by atoms with Crippen LogP contribution >= 0.6 is 46.4 Å². The number of rotatable bonds is 4. The molecule has 152 valence electrons. The van der Waals surface area contributed by atoms with Crippen molar-refractivity contribution in [2.24, 2.45) is 0 Å². The molecule has 0 spiro atoms. The summed E-state index contributed by atoms with van der Waals surface area (Å²) in [5, 5.41) is 20.3. The first-order valence-corrected chi connectivity index (χ1v) is 10.9. The molecule has 0 fully saturated rings. The van der Waals surface area contributed by atoms with Gasteiger partial charge in [0.25, 0.3) is 10.1 Å². The second-order valence-corrected chi connectivity index (χ2v) is 9.20. The SMILES string of the molecule is O=S(=O)(O)C(c1ccccc1)(c1cccc(Cl)c1O)c1c(O)c(Cl)cc(Cl)c1Cl. The Morgan fingerprint density at radius 3 is 1.97 bits per heavy atom. The monoisotopic (exact) mass is 492 g/mol. The fourth-order valence-corrected chi connectivity index (χ4v) is 5.54. The quantitative estimate of drug-likeness (QED) is 0.239. The van der Waals surface area contributed by atoms with E-state index in [0.717, 1.165) is 6.07 Å². The summed E-state index contributed by atoms with van der Waals surface area (Å²) in [5.74, 6) is -1.37. The van der Waals surface area contributed by atoms with Gasteiger partial charge in [-0.15, -0.1) is 0 Å². The zero-order valence-electron chi connectivity index (χ0n) is 14.3. The minimum atomic E-state index is -5.18. The summed E-state index contributed by atoms with van der Waals surface area (Å²) in [6, 6.07) is 12.4. The van der Waals surface area contributed by atoms with Crippen molar-refractivity contribution in [1.82, 2.24) is 0 Å². The number of halogens is 4. The van der Waals surface area contributed by atoms with Gasteiger partial charge < -0.3 is 10.2 Å². The van der Waals surface area contributed by atoms with Gasteiger partial charge in [-0.3, -0.25) is 4.55 Å². The lowest BCUT2D eigenvalue weighted by atomic mass is 9.83. The van der Waals surface area contributed by atoms with E-state index < -0.39 is 31.9 Å². The van der Waals surface area contributed by atoms with Gasteiger partial charge in [0.05, 0.1) is 20.1 Å². The summed E-state index contributed by atoms with van der Waals surface area (Å²) in [5.41, 5.74) is -0.923. The molecule has 3 aromatic carbocycles. The maximum Gasteiger partial charge on any atom is 0.283 e. The zero-order chi connectivity index (χ0) is 21.6. The lowest BCUT2D eigenvalue weighted by Crippen LogP contribution is -2.38. The molecule has 3 rings (SSSR count). The maximum atomic E-state index is 13.0. The molecule has 0 aromatic heterocycles. The third-order valence-corrected chi connectivity index (χ3v) is 7.25.